The molecule has 0 saturated heterocycles. The number of carboxylic acid groups (broad SMARTS) is 1. The standard InChI is InChI=1S/C19H17N5O4S.2C2H6/c1-20-17(27)13-6-3-7-14(9-13)21-18(28)12-5-2-4-11(8-12)16-22-19(24-23-16)29-10-15(25)26;2*1-2/h2-9H,10H2,1H3,(H,20,27)(H,21,28)(H,25,26)(H,22,23,24);2*1-2H3. The lowest BCUT2D eigenvalue weighted by molar-refractivity contribution is -0.133. The van der Waals surface area contributed by atoms with E-state index in [0.29, 0.717) is 33.4 Å². The summed E-state index contributed by atoms with van der Waals surface area (Å²) in [6.07, 6.45) is 0. The van der Waals surface area contributed by atoms with Crippen molar-refractivity contribution >= 4 is 35.2 Å². The summed E-state index contributed by atoms with van der Waals surface area (Å²) in [4.78, 5) is 39.2. The molecule has 10 heteroatoms. The van der Waals surface area contributed by atoms with Gasteiger partial charge in [0, 0.05) is 29.4 Å². The second kappa shape index (κ2) is 14.4. The first-order chi connectivity index (χ1) is 16.0. The number of aliphatic carboxylic acids is 1. The molecule has 3 aromatic rings. The zero-order valence-corrected chi connectivity index (χ0v) is 20.1. The van der Waals surface area contributed by atoms with Gasteiger partial charge in [0.25, 0.3) is 11.8 Å². The Morgan fingerprint density at radius 3 is 2.24 bits per heavy atom. The molecule has 3 rings (SSSR count). The Morgan fingerprint density at radius 1 is 0.970 bits per heavy atom. The number of hydrogen-bond acceptors (Lipinski definition) is 6. The molecule has 0 bridgehead atoms. The third-order valence-electron chi connectivity index (χ3n) is 3.80. The molecule has 9 nitrogen and oxygen atoms in total. The van der Waals surface area contributed by atoms with Gasteiger partial charge in [0.2, 0.25) is 5.16 Å². The molecule has 0 aliphatic heterocycles. The number of H-pyrrole nitrogens is 1. The van der Waals surface area contributed by atoms with Crippen LogP contribution in [0.15, 0.2) is 53.7 Å². The lowest BCUT2D eigenvalue weighted by Gasteiger charge is -2.08. The number of nitrogens with one attached hydrogen (secondary N) is 3. The number of amides is 2. The van der Waals surface area contributed by atoms with E-state index in [-0.39, 0.29) is 17.6 Å². The topological polar surface area (TPSA) is 137 Å². The number of benzene rings is 2. The fourth-order valence-corrected chi connectivity index (χ4v) is 2.98. The number of nitrogens with zero attached hydrogens (tertiary/aromatic N) is 2. The van der Waals surface area contributed by atoms with Crippen LogP contribution >= 0.6 is 11.8 Å². The lowest BCUT2D eigenvalue weighted by Crippen LogP contribution is -2.18. The fraction of sp³-hybridized carbons (Fsp3) is 0.261. The zero-order chi connectivity index (χ0) is 24.8. The minimum absolute atomic E-state index is 0.144. The molecule has 0 fully saturated rings. The van der Waals surface area contributed by atoms with E-state index in [2.05, 4.69) is 25.8 Å². The van der Waals surface area contributed by atoms with Gasteiger partial charge in [0.05, 0.1) is 5.75 Å². The van der Waals surface area contributed by atoms with Crippen LogP contribution in [0, 0.1) is 0 Å². The summed E-state index contributed by atoms with van der Waals surface area (Å²) in [5, 5.41) is 21.0. The number of carbonyl (C=O) groups is 3. The van der Waals surface area contributed by atoms with Crippen LogP contribution < -0.4 is 10.6 Å². The number of aromatic amines is 1. The van der Waals surface area contributed by atoms with Crippen molar-refractivity contribution < 1.29 is 19.5 Å². The van der Waals surface area contributed by atoms with E-state index < -0.39 is 5.97 Å². The number of hydrogen-bond donors (Lipinski definition) is 4. The number of carbonyl (C=O) groups excluding carboxylic acids is 2. The highest BCUT2D eigenvalue weighted by Crippen LogP contribution is 2.21. The monoisotopic (exact) mass is 471 g/mol. The molecule has 1 aromatic heterocycles. The maximum Gasteiger partial charge on any atom is 0.313 e. The molecule has 0 spiro atoms. The van der Waals surface area contributed by atoms with Gasteiger partial charge in [-0.2, -0.15) is 0 Å². The maximum atomic E-state index is 12.6. The second-order valence-electron chi connectivity index (χ2n) is 5.84. The van der Waals surface area contributed by atoms with E-state index in [9.17, 15) is 14.4 Å². The van der Waals surface area contributed by atoms with Gasteiger partial charge in [-0.15, -0.1) is 5.10 Å². The predicted octanol–water partition coefficient (Wildman–Crippen LogP) is 4.31. The molecule has 176 valence electrons. The molecule has 0 atom stereocenters. The van der Waals surface area contributed by atoms with Crippen LogP contribution in [0.25, 0.3) is 11.4 Å². The van der Waals surface area contributed by atoms with Gasteiger partial charge in [-0.25, -0.2) is 4.98 Å². The van der Waals surface area contributed by atoms with Crippen LogP contribution in [-0.2, 0) is 4.79 Å². The van der Waals surface area contributed by atoms with Gasteiger partial charge in [0.15, 0.2) is 5.82 Å². The van der Waals surface area contributed by atoms with Crippen LogP contribution in [0.4, 0.5) is 5.69 Å². The summed E-state index contributed by atoms with van der Waals surface area (Å²) in [6, 6.07) is 13.4. The van der Waals surface area contributed by atoms with E-state index in [1.54, 1.807) is 48.5 Å². The Balaban J connectivity index is 0.00000129. The van der Waals surface area contributed by atoms with Crippen molar-refractivity contribution in [3.63, 3.8) is 0 Å². The first-order valence-electron chi connectivity index (χ1n) is 10.5. The number of anilines is 1. The van der Waals surface area contributed by atoms with Crippen LogP contribution in [0.1, 0.15) is 48.4 Å². The first kappa shape index (κ1) is 27.4. The predicted molar refractivity (Wildman–Crippen MR) is 131 cm³/mol. The van der Waals surface area contributed by atoms with Gasteiger partial charge in [-0.3, -0.25) is 19.5 Å². The summed E-state index contributed by atoms with van der Waals surface area (Å²) in [5.41, 5.74) is 1.95. The molecule has 4 N–H and O–H groups in total. The second-order valence-corrected chi connectivity index (χ2v) is 6.79. The quantitative estimate of drug-likeness (QED) is 0.377. The lowest BCUT2D eigenvalue weighted by atomic mass is 10.1. The van der Waals surface area contributed by atoms with E-state index in [0.717, 1.165) is 11.8 Å². The molecule has 2 aromatic carbocycles. The molecule has 2 amide bonds. The molecule has 0 radical (unpaired) electrons. The smallest absolute Gasteiger partial charge is 0.313 e. The highest BCUT2D eigenvalue weighted by Gasteiger charge is 2.12. The normalized spacial score (nSPS) is 9.48. The summed E-state index contributed by atoms with van der Waals surface area (Å²) < 4.78 is 0. The van der Waals surface area contributed by atoms with Crippen LogP contribution in [0.3, 0.4) is 0 Å². The van der Waals surface area contributed by atoms with E-state index >= 15 is 0 Å². The number of aromatic nitrogens is 3. The molecule has 33 heavy (non-hydrogen) atoms. The van der Waals surface area contributed by atoms with Gasteiger partial charge in [-0.1, -0.05) is 57.7 Å². The molecule has 0 aliphatic rings. The van der Waals surface area contributed by atoms with Crippen LogP contribution in [0.5, 0.6) is 0 Å². The highest BCUT2D eigenvalue weighted by atomic mass is 32.2. The number of thioether (sulfide) groups is 1. The summed E-state index contributed by atoms with van der Waals surface area (Å²) >= 11 is 0.997. The Hall–Kier alpha value is -3.66. The summed E-state index contributed by atoms with van der Waals surface area (Å²) in [5.74, 6) is -1.27. The average Bonchev–Trinajstić information content (AvgIpc) is 3.34. The van der Waals surface area contributed by atoms with E-state index in [4.69, 9.17) is 5.11 Å². The molecule has 0 unspecified atom stereocenters. The fourth-order valence-electron chi connectivity index (χ4n) is 2.46. The maximum absolute atomic E-state index is 12.6. The largest absolute Gasteiger partial charge is 0.481 e. The minimum atomic E-state index is -0.958. The van der Waals surface area contributed by atoms with Crippen molar-refractivity contribution in [2.75, 3.05) is 18.1 Å². The number of rotatable bonds is 7. The third kappa shape index (κ3) is 8.41. The average molecular weight is 472 g/mol. The summed E-state index contributed by atoms with van der Waals surface area (Å²) in [7, 11) is 1.54. The van der Waals surface area contributed by atoms with Crippen molar-refractivity contribution in [1.82, 2.24) is 20.5 Å². The van der Waals surface area contributed by atoms with E-state index in [1.807, 2.05) is 27.7 Å². The Labute approximate surface area is 197 Å². The first-order valence-corrected chi connectivity index (χ1v) is 11.5. The highest BCUT2D eigenvalue weighted by molar-refractivity contribution is 7.99. The number of carboxylic acids is 1. The van der Waals surface area contributed by atoms with Crippen molar-refractivity contribution in [2.24, 2.45) is 0 Å². The van der Waals surface area contributed by atoms with Gasteiger partial charge >= 0.3 is 5.97 Å². The van der Waals surface area contributed by atoms with Crippen LogP contribution in [-0.4, -0.2) is 50.9 Å². The SMILES string of the molecule is CC.CC.CNC(=O)c1cccc(NC(=O)c2cccc(-c3nc(SCC(=O)O)n[nH]3)c2)c1. The Morgan fingerprint density at radius 2 is 1.61 bits per heavy atom. The molecule has 0 saturated carbocycles. The molecule has 0 aliphatic carbocycles. The van der Waals surface area contributed by atoms with Gasteiger partial charge < -0.3 is 15.7 Å². The third-order valence-corrected chi connectivity index (χ3v) is 4.63. The Kier molecular flexibility index (Phi) is 12.0. The van der Waals surface area contributed by atoms with Gasteiger partial charge in [0.1, 0.15) is 0 Å². The zero-order valence-electron chi connectivity index (χ0n) is 19.3. The molecular weight excluding hydrogens is 442 g/mol. The summed E-state index contributed by atoms with van der Waals surface area (Å²) in [6.45, 7) is 8.00. The van der Waals surface area contributed by atoms with Gasteiger partial charge in [-0.05, 0) is 30.3 Å². The Bertz CT molecular complexity index is 1070. The van der Waals surface area contributed by atoms with Crippen molar-refractivity contribution in [3.05, 3.63) is 59.7 Å². The molecule has 1 heterocycles. The van der Waals surface area contributed by atoms with Crippen molar-refractivity contribution in [2.45, 2.75) is 32.9 Å². The van der Waals surface area contributed by atoms with Crippen LogP contribution in [0.2, 0.25) is 0 Å². The molecular formula is C23H29N5O4S. The van der Waals surface area contributed by atoms with Crippen molar-refractivity contribution in [3.8, 4) is 11.4 Å². The minimum Gasteiger partial charge on any atom is -0.481 e. The van der Waals surface area contributed by atoms with E-state index in [1.165, 1.54) is 7.05 Å². The van der Waals surface area contributed by atoms with Crippen molar-refractivity contribution in [1.29, 1.82) is 0 Å².